The molecule has 0 aliphatic heterocycles. The summed E-state index contributed by atoms with van der Waals surface area (Å²) in [5.41, 5.74) is -0.105. The third-order valence-corrected chi connectivity index (χ3v) is 4.12. The Kier molecular flexibility index (Phi) is 5.58. The molecule has 1 aromatic carbocycles. The van der Waals surface area contributed by atoms with Gasteiger partial charge in [0.15, 0.2) is 0 Å². The lowest BCUT2D eigenvalue weighted by Gasteiger charge is -2.15. The molecule has 1 atom stereocenters. The molecule has 20 heavy (non-hydrogen) atoms. The van der Waals surface area contributed by atoms with E-state index in [-0.39, 0.29) is 24.2 Å². The zero-order chi connectivity index (χ0) is 15.3. The second-order valence-corrected chi connectivity index (χ2v) is 6.19. The maximum Gasteiger partial charge on any atom is 0.303 e. The van der Waals surface area contributed by atoms with Crippen LogP contribution in [0.15, 0.2) is 18.2 Å². The van der Waals surface area contributed by atoms with Gasteiger partial charge < -0.3 is 5.11 Å². The van der Waals surface area contributed by atoms with Crippen molar-refractivity contribution in [2.75, 3.05) is 5.75 Å². The normalized spacial score (nSPS) is 13.2. The van der Waals surface area contributed by atoms with E-state index in [1.165, 1.54) is 6.92 Å². The molecule has 112 valence electrons. The van der Waals surface area contributed by atoms with Gasteiger partial charge in [0.05, 0.1) is 5.75 Å². The van der Waals surface area contributed by atoms with Gasteiger partial charge in [-0.2, -0.15) is 0 Å². The van der Waals surface area contributed by atoms with Crippen LogP contribution in [0.3, 0.4) is 0 Å². The van der Waals surface area contributed by atoms with E-state index in [2.05, 4.69) is 4.72 Å². The lowest BCUT2D eigenvalue weighted by atomic mass is 10.1. The number of carboxylic acids is 1. The molecule has 2 N–H and O–H groups in total. The van der Waals surface area contributed by atoms with Crippen molar-refractivity contribution in [1.29, 1.82) is 0 Å². The molecule has 0 spiro atoms. The smallest absolute Gasteiger partial charge is 0.303 e. The highest BCUT2D eigenvalue weighted by molar-refractivity contribution is 7.89. The summed E-state index contributed by atoms with van der Waals surface area (Å²) in [6, 6.07) is 1.83. The van der Waals surface area contributed by atoms with Crippen LogP contribution in [0.25, 0.3) is 0 Å². The number of aliphatic carboxylic acids is 1. The van der Waals surface area contributed by atoms with Gasteiger partial charge >= 0.3 is 5.97 Å². The molecule has 0 aliphatic carbocycles. The predicted octanol–water partition coefficient (Wildman–Crippen LogP) is 1.81. The van der Waals surface area contributed by atoms with Gasteiger partial charge in [-0.1, -0.05) is 0 Å². The predicted molar refractivity (Wildman–Crippen MR) is 68.6 cm³/mol. The van der Waals surface area contributed by atoms with Crippen LogP contribution in [0.1, 0.15) is 31.4 Å². The highest BCUT2D eigenvalue weighted by atomic mass is 32.2. The molecule has 0 saturated heterocycles. The van der Waals surface area contributed by atoms with Crippen LogP contribution in [0.2, 0.25) is 0 Å². The molecule has 0 radical (unpaired) electrons. The number of benzene rings is 1. The minimum Gasteiger partial charge on any atom is -0.481 e. The summed E-state index contributed by atoms with van der Waals surface area (Å²) in [6.45, 7) is 1.38. The summed E-state index contributed by atoms with van der Waals surface area (Å²) in [4.78, 5) is 10.3. The maximum atomic E-state index is 13.5. The maximum absolute atomic E-state index is 13.5. The Morgan fingerprint density at radius 3 is 2.65 bits per heavy atom. The van der Waals surface area contributed by atoms with Gasteiger partial charge in [-0.05, 0) is 31.5 Å². The van der Waals surface area contributed by atoms with Gasteiger partial charge in [-0.15, -0.1) is 0 Å². The minimum atomic E-state index is -3.76. The Balaban J connectivity index is 2.71. The molecule has 1 rings (SSSR count). The average Bonchev–Trinajstić information content (AvgIpc) is 2.30. The largest absolute Gasteiger partial charge is 0.481 e. The molecule has 0 bridgehead atoms. The fourth-order valence-corrected chi connectivity index (χ4v) is 2.96. The summed E-state index contributed by atoms with van der Waals surface area (Å²) in [5.74, 6) is -2.87. The van der Waals surface area contributed by atoms with Crippen molar-refractivity contribution < 1.29 is 27.1 Å². The standard InChI is InChI=1S/C12H15F2NO4S/c1-8(10-7-9(13)4-5-11(10)14)15-20(18,19)6-2-3-12(16)17/h4-5,7-8,15H,2-3,6H2,1H3,(H,16,17). The van der Waals surface area contributed by atoms with Crippen molar-refractivity contribution >= 4 is 16.0 Å². The summed E-state index contributed by atoms with van der Waals surface area (Å²) < 4.78 is 52.0. The SMILES string of the molecule is CC(NS(=O)(=O)CCCC(=O)O)c1cc(F)ccc1F. The van der Waals surface area contributed by atoms with E-state index in [1.54, 1.807) is 0 Å². The number of sulfonamides is 1. The van der Waals surface area contributed by atoms with Crippen molar-refractivity contribution in [1.82, 2.24) is 4.72 Å². The Hall–Kier alpha value is -1.54. The monoisotopic (exact) mass is 307 g/mol. The fraction of sp³-hybridized carbons (Fsp3) is 0.417. The first-order chi connectivity index (χ1) is 9.21. The summed E-state index contributed by atoms with van der Waals surface area (Å²) >= 11 is 0. The lowest BCUT2D eigenvalue weighted by Crippen LogP contribution is -2.30. The molecule has 0 aliphatic rings. The highest BCUT2D eigenvalue weighted by Gasteiger charge is 2.19. The van der Waals surface area contributed by atoms with Crippen molar-refractivity contribution in [3.05, 3.63) is 35.4 Å². The van der Waals surface area contributed by atoms with Crippen molar-refractivity contribution in [3.63, 3.8) is 0 Å². The van der Waals surface area contributed by atoms with Crippen LogP contribution >= 0.6 is 0 Å². The molecule has 0 fully saturated rings. The van der Waals surface area contributed by atoms with E-state index >= 15 is 0 Å². The van der Waals surface area contributed by atoms with Gasteiger partial charge in [0.1, 0.15) is 11.6 Å². The van der Waals surface area contributed by atoms with E-state index in [4.69, 9.17) is 5.11 Å². The number of hydrogen-bond acceptors (Lipinski definition) is 3. The van der Waals surface area contributed by atoms with Gasteiger partial charge in [0.2, 0.25) is 10.0 Å². The van der Waals surface area contributed by atoms with E-state index in [1.807, 2.05) is 0 Å². The Morgan fingerprint density at radius 1 is 1.40 bits per heavy atom. The third-order valence-electron chi connectivity index (χ3n) is 2.58. The van der Waals surface area contributed by atoms with Crippen LogP contribution in [-0.4, -0.2) is 25.2 Å². The molecule has 0 heterocycles. The Morgan fingerprint density at radius 2 is 2.05 bits per heavy atom. The van der Waals surface area contributed by atoms with Gasteiger partial charge in [-0.3, -0.25) is 4.79 Å². The minimum absolute atomic E-state index is 0.0526. The third kappa shape index (κ3) is 5.22. The van der Waals surface area contributed by atoms with E-state index < -0.39 is 33.7 Å². The van der Waals surface area contributed by atoms with Crippen LogP contribution in [0.5, 0.6) is 0 Å². The van der Waals surface area contributed by atoms with Crippen molar-refractivity contribution in [2.45, 2.75) is 25.8 Å². The highest BCUT2D eigenvalue weighted by Crippen LogP contribution is 2.18. The summed E-state index contributed by atoms with van der Waals surface area (Å²) in [6.07, 6.45) is -0.327. The first-order valence-electron chi connectivity index (χ1n) is 5.88. The second-order valence-electron chi connectivity index (χ2n) is 4.32. The Labute approximate surface area is 115 Å². The number of carboxylic acid groups (broad SMARTS) is 1. The number of rotatable bonds is 7. The molecule has 0 aromatic heterocycles. The lowest BCUT2D eigenvalue weighted by molar-refractivity contribution is -0.137. The molecule has 0 saturated carbocycles. The first kappa shape index (κ1) is 16.5. The Bertz CT molecular complexity index is 589. The zero-order valence-electron chi connectivity index (χ0n) is 10.8. The quantitative estimate of drug-likeness (QED) is 0.804. The van der Waals surface area contributed by atoms with Crippen LogP contribution in [-0.2, 0) is 14.8 Å². The van der Waals surface area contributed by atoms with Gasteiger partial charge in [0, 0.05) is 18.0 Å². The molecular formula is C12H15F2NO4S. The average molecular weight is 307 g/mol. The summed E-state index contributed by atoms with van der Waals surface area (Å²) in [5, 5.41) is 8.43. The number of hydrogen-bond donors (Lipinski definition) is 2. The molecule has 1 unspecified atom stereocenters. The van der Waals surface area contributed by atoms with Gasteiger partial charge in [-0.25, -0.2) is 21.9 Å². The van der Waals surface area contributed by atoms with Crippen LogP contribution < -0.4 is 4.72 Å². The van der Waals surface area contributed by atoms with Crippen LogP contribution in [0, 0.1) is 11.6 Å². The van der Waals surface area contributed by atoms with Gasteiger partial charge in [0.25, 0.3) is 0 Å². The number of nitrogens with one attached hydrogen (secondary N) is 1. The molecule has 8 heteroatoms. The molecular weight excluding hydrogens is 292 g/mol. The molecule has 5 nitrogen and oxygen atoms in total. The molecule has 0 amide bonds. The van der Waals surface area contributed by atoms with E-state index in [9.17, 15) is 22.0 Å². The number of carbonyl (C=O) groups is 1. The fourth-order valence-electron chi connectivity index (χ4n) is 1.65. The van der Waals surface area contributed by atoms with Crippen molar-refractivity contribution in [3.8, 4) is 0 Å². The second kappa shape index (κ2) is 6.76. The zero-order valence-corrected chi connectivity index (χ0v) is 11.6. The van der Waals surface area contributed by atoms with E-state index in [0.717, 1.165) is 18.2 Å². The first-order valence-corrected chi connectivity index (χ1v) is 7.53. The number of halogens is 2. The molecule has 1 aromatic rings. The van der Waals surface area contributed by atoms with Crippen LogP contribution in [0.4, 0.5) is 8.78 Å². The van der Waals surface area contributed by atoms with E-state index in [0.29, 0.717) is 0 Å². The van der Waals surface area contributed by atoms with Crippen molar-refractivity contribution in [2.24, 2.45) is 0 Å². The summed E-state index contributed by atoms with van der Waals surface area (Å²) in [7, 11) is -3.76. The topological polar surface area (TPSA) is 83.5 Å².